The molecular formula is C25H29N3O5S. The highest BCUT2D eigenvalue weighted by atomic mass is 32.2. The van der Waals surface area contributed by atoms with Crippen molar-refractivity contribution in [3.63, 3.8) is 0 Å². The van der Waals surface area contributed by atoms with Crippen LogP contribution in [0.2, 0.25) is 0 Å². The number of sulfonamides is 1. The van der Waals surface area contributed by atoms with Crippen LogP contribution < -0.4 is 10.2 Å². The molecule has 0 unspecified atom stereocenters. The van der Waals surface area contributed by atoms with E-state index >= 15 is 0 Å². The molecule has 34 heavy (non-hydrogen) atoms. The number of nitrogens with zero attached hydrogens (tertiary/aromatic N) is 2. The fraction of sp³-hybridized carbons (Fsp3) is 0.400. The van der Waals surface area contributed by atoms with E-state index in [0.717, 1.165) is 42.6 Å². The molecule has 1 atom stereocenters. The number of morpholine rings is 1. The molecule has 3 aromatic rings. The zero-order valence-corrected chi connectivity index (χ0v) is 20.0. The van der Waals surface area contributed by atoms with Crippen molar-refractivity contribution in [3.8, 4) is 0 Å². The lowest BCUT2D eigenvalue weighted by atomic mass is 10.1. The van der Waals surface area contributed by atoms with Crippen LogP contribution in [0.4, 0.5) is 5.69 Å². The first-order valence-corrected chi connectivity index (χ1v) is 13.1. The van der Waals surface area contributed by atoms with Gasteiger partial charge in [-0.05, 0) is 50.1 Å². The Bertz CT molecular complexity index is 1260. The number of carbonyl (C=O) groups is 1. The number of nitrogens with one attached hydrogen (secondary N) is 1. The SMILES string of the molecule is C[C@H](NC(=O)c1cc(S(=O)(=O)N2CCOCC2)ccc1N1CCCC1)c1cc2ccccc2o1. The summed E-state index contributed by atoms with van der Waals surface area (Å²) in [7, 11) is -3.72. The number of benzene rings is 2. The summed E-state index contributed by atoms with van der Waals surface area (Å²) in [6.07, 6.45) is 2.09. The minimum atomic E-state index is -3.72. The molecule has 2 fully saturated rings. The fourth-order valence-electron chi connectivity index (χ4n) is 4.59. The number of hydrogen-bond donors (Lipinski definition) is 1. The monoisotopic (exact) mass is 483 g/mol. The lowest BCUT2D eigenvalue weighted by Crippen LogP contribution is -2.40. The van der Waals surface area contributed by atoms with Crippen molar-refractivity contribution in [3.05, 3.63) is 59.9 Å². The molecule has 1 N–H and O–H groups in total. The van der Waals surface area contributed by atoms with Gasteiger partial charge in [0.05, 0.1) is 29.7 Å². The molecule has 2 aliphatic heterocycles. The molecule has 5 rings (SSSR count). The molecule has 0 saturated carbocycles. The average molecular weight is 484 g/mol. The first kappa shape index (κ1) is 22.9. The molecule has 8 nitrogen and oxygen atoms in total. The van der Waals surface area contributed by atoms with Crippen molar-refractivity contribution in [2.24, 2.45) is 0 Å². The number of para-hydroxylation sites is 1. The van der Waals surface area contributed by atoms with Gasteiger partial charge in [-0.15, -0.1) is 0 Å². The third-order valence-electron chi connectivity index (χ3n) is 6.49. The molecule has 2 saturated heterocycles. The Labute approximate surface area is 199 Å². The van der Waals surface area contributed by atoms with Crippen LogP contribution in [0.1, 0.15) is 41.9 Å². The summed E-state index contributed by atoms with van der Waals surface area (Å²) in [5.41, 5.74) is 1.88. The molecule has 0 spiro atoms. The third kappa shape index (κ3) is 4.43. The number of anilines is 1. The van der Waals surface area contributed by atoms with E-state index in [1.807, 2.05) is 37.3 Å². The van der Waals surface area contributed by atoms with Gasteiger partial charge in [-0.3, -0.25) is 4.79 Å². The van der Waals surface area contributed by atoms with Gasteiger partial charge in [0, 0.05) is 37.3 Å². The van der Waals surface area contributed by atoms with Gasteiger partial charge >= 0.3 is 0 Å². The Balaban J connectivity index is 1.45. The van der Waals surface area contributed by atoms with Gasteiger partial charge in [0.15, 0.2) is 0 Å². The van der Waals surface area contributed by atoms with E-state index < -0.39 is 10.0 Å². The van der Waals surface area contributed by atoms with Gasteiger partial charge in [-0.25, -0.2) is 8.42 Å². The molecule has 1 aromatic heterocycles. The van der Waals surface area contributed by atoms with Gasteiger partial charge < -0.3 is 19.4 Å². The molecule has 1 amide bonds. The van der Waals surface area contributed by atoms with E-state index in [0.29, 0.717) is 37.6 Å². The summed E-state index contributed by atoms with van der Waals surface area (Å²) >= 11 is 0. The molecule has 0 aliphatic carbocycles. The second kappa shape index (κ2) is 9.40. The van der Waals surface area contributed by atoms with Crippen LogP contribution in [-0.2, 0) is 14.8 Å². The highest BCUT2D eigenvalue weighted by Gasteiger charge is 2.29. The quantitative estimate of drug-likeness (QED) is 0.577. The summed E-state index contributed by atoms with van der Waals surface area (Å²) < 4.78 is 39.1. The lowest BCUT2D eigenvalue weighted by molar-refractivity contribution is 0.0730. The molecule has 3 heterocycles. The predicted octanol–water partition coefficient (Wildman–Crippen LogP) is 3.54. The number of ether oxygens (including phenoxy) is 1. The van der Waals surface area contributed by atoms with E-state index in [-0.39, 0.29) is 16.8 Å². The number of fused-ring (bicyclic) bond motifs is 1. The van der Waals surface area contributed by atoms with Gasteiger partial charge in [0.2, 0.25) is 10.0 Å². The van der Waals surface area contributed by atoms with Crippen molar-refractivity contribution in [1.29, 1.82) is 0 Å². The molecule has 180 valence electrons. The van der Waals surface area contributed by atoms with Crippen molar-refractivity contribution in [2.75, 3.05) is 44.3 Å². The summed E-state index contributed by atoms with van der Waals surface area (Å²) in [4.78, 5) is 15.7. The number of furan rings is 1. The largest absolute Gasteiger partial charge is 0.459 e. The summed E-state index contributed by atoms with van der Waals surface area (Å²) in [5, 5.41) is 3.98. The minimum Gasteiger partial charge on any atom is -0.459 e. The van der Waals surface area contributed by atoms with E-state index in [1.165, 1.54) is 10.4 Å². The molecular weight excluding hydrogens is 454 g/mol. The van der Waals surface area contributed by atoms with Gasteiger partial charge in [-0.2, -0.15) is 4.31 Å². The number of hydrogen-bond acceptors (Lipinski definition) is 6. The first-order chi connectivity index (χ1) is 16.4. The Kier molecular flexibility index (Phi) is 6.33. The smallest absolute Gasteiger partial charge is 0.254 e. The Morgan fingerprint density at radius 2 is 1.74 bits per heavy atom. The molecule has 9 heteroatoms. The number of rotatable bonds is 6. The maximum Gasteiger partial charge on any atom is 0.254 e. The standard InChI is InChI=1S/C25H29N3O5S/c1-18(24-16-19-6-2-3-7-23(19)33-24)26-25(29)21-17-20(8-9-22(21)27-10-4-5-11-27)34(30,31)28-12-14-32-15-13-28/h2-3,6-9,16-18H,4-5,10-15H2,1H3,(H,26,29)/t18-/m0/s1. The number of carbonyl (C=O) groups excluding carboxylic acids is 1. The fourth-order valence-corrected chi connectivity index (χ4v) is 6.02. The Morgan fingerprint density at radius 3 is 2.47 bits per heavy atom. The second-order valence-corrected chi connectivity index (χ2v) is 10.7. The normalized spacial score (nSPS) is 18.3. The Morgan fingerprint density at radius 1 is 1.00 bits per heavy atom. The van der Waals surface area contributed by atoms with Crippen molar-refractivity contribution in [2.45, 2.75) is 30.7 Å². The van der Waals surface area contributed by atoms with Crippen LogP contribution in [0.15, 0.2) is 57.8 Å². The maximum atomic E-state index is 13.5. The van der Waals surface area contributed by atoms with E-state index in [1.54, 1.807) is 12.1 Å². The van der Waals surface area contributed by atoms with Crippen LogP contribution in [0, 0.1) is 0 Å². The zero-order chi connectivity index (χ0) is 23.7. The summed E-state index contributed by atoms with van der Waals surface area (Å²) in [6, 6.07) is 14.1. The van der Waals surface area contributed by atoms with Crippen LogP contribution in [0.5, 0.6) is 0 Å². The van der Waals surface area contributed by atoms with Crippen LogP contribution in [0.25, 0.3) is 11.0 Å². The third-order valence-corrected chi connectivity index (χ3v) is 8.38. The Hall–Kier alpha value is -2.88. The van der Waals surface area contributed by atoms with Crippen LogP contribution in [-0.4, -0.2) is 58.0 Å². The molecule has 0 radical (unpaired) electrons. The predicted molar refractivity (Wildman–Crippen MR) is 130 cm³/mol. The summed E-state index contributed by atoms with van der Waals surface area (Å²) in [6.45, 7) is 4.89. The molecule has 0 bridgehead atoms. The van der Waals surface area contributed by atoms with Crippen LogP contribution >= 0.6 is 0 Å². The van der Waals surface area contributed by atoms with Gasteiger partial charge in [0.25, 0.3) is 5.91 Å². The number of amides is 1. The van der Waals surface area contributed by atoms with E-state index in [9.17, 15) is 13.2 Å². The van der Waals surface area contributed by atoms with E-state index in [4.69, 9.17) is 9.15 Å². The zero-order valence-electron chi connectivity index (χ0n) is 19.2. The summed E-state index contributed by atoms with van der Waals surface area (Å²) in [5.74, 6) is 0.322. The second-order valence-electron chi connectivity index (χ2n) is 8.77. The minimum absolute atomic E-state index is 0.124. The van der Waals surface area contributed by atoms with E-state index in [2.05, 4.69) is 10.2 Å². The van der Waals surface area contributed by atoms with Crippen LogP contribution in [0.3, 0.4) is 0 Å². The first-order valence-electron chi connectivity index (χ1n) is 11.7. The topological polar surface area (TPSA) is 92.1 Å². The van der Waals surface area contributed by atoms with Crippen molar-refractivity contribution < 1.29 is 22.4 Å². The van der Waals surface area contributed by atoms with Crippen molar-refractivity contribution >= 4 is 32.6 Å². The molecule has 2 aromatic carbocycles. The van der Waals surface area contributed by atoms with Gasteiger partial charge in [0.1, 0.15) is 11.3 Å². The maximum absolute atomic E-state index is 13.5. The molecule has 2 aliphatic rings. The van der Waals surface area contributed by atoms with Crippen molar-refractivity contribution in [1.82, 2.24) is 9.62 Å². The highest BCUT2D eigenvalue weighted by Crippen LogP contribution is 2.30. The van der Waals surface area contributed by atoms with Gasteiger partial charge in [-0.1, -0.05) is 18.2 Å². The average Bonchev–Trinajstić information content (AvgIpc) is 3.54. The lowest BCUT2D eigenvalue weighted by Gasteiger charge is -2.27. The highest BCUT2D eigenvalue weighted by molar-refractivity contribution is 7.89.